The highest BCUT2D eigenvalue weighted by molar-refractivity contribution is 5.77. The quantitative estimate of drug-likeness (QED) is 0.795. The first kappa shape index (κ1) is 19.2. The lowest BCUT2D eigenvalue weighted by atomic mass is 9.95. The van der Waals surface area contributed by atoms with Crippen LogP contribution in [0.3, 0.4) is 0 Å². The minimum Gasteiger partial charge on any atom is -0.444 e. The van der Waals surface area contributed by atoms with Crippen LogP contribution in [0.5, 0.6) is 0 Å². The molecule has 0 aromatic carbocycles. The van der Waals surface area contributed by atoms with Crippen molar-refractivity contribution in [3.8, 4) is 0 Å². The molecule has 1 saturated carbocycles. The highest BCUT2D eigenvalue weighted by atomic mass is 16.6. The normalized spacial score (nSPS) is 16.6. The molecular weight excluding hydrogens is 318 g/mol. The largest absolute Gasteiger partial charge is 0.444 e. The van der Waals surface area contributed by atoms with Crippen LogP contribution in [-0.2, 0) is 16.0 Å². The van der Waals surface area contributed by atoms with E-state index in [1.54, 1.807) is 12.4 Å². The number of rotatable bonds is 7. The molecule has 25 heavy (non-hydrogen) atoms. The van der Waals surface area contributed by atoms with E-state index in [0.29, 0.717) is 25.3 Å². The number of nitrogens with zero attached hydrogens (tertiary/aromatic N) is 1. The number of hydrogen-bond acceptors (Lipinski definition) is 4. The van der Waals surface area contributed by atoms with Gasteiger partial charge < -0.3 is 15.4 Å². The van der Waals surface area contributed by atoms with Crippen molar-refractivity contribution in [1.29, 1.82) is 0 Å². The van der Waals surface area contributed by atoms with Crippen molar-refractivity contribution >= 4 is 12.0 Å². The minimum absolute atomic E-state index is 0.00996. The van der Waals surface area contributed by atoms with E-state index in [4.69, 9.17) is 4.74 Å². The van der Waals surface area contributed by atoms with Gasteiger partial charge in [-0.25, -0.2) is 4.79 Å². The Morgan fingerprint density at radius 1 is 1.28 bits per heavy atom. The molecule has 1 aromatic heterocycles. The number of aryl methyl sites for hydroxylation is 1. The Morgan fingerprint density at radius 2 is 2.00 bits per heavy atom. The van der Waals surface area contributed by atoms with Crippen molar-refractivity contribution in [2.45, 2.75) is 64.5 Å². The Labute approximate surface area is 149 Å². The molecule has 0 bridgehead atoms. The second-order valence-electron chi connectivity index (χ2n) is 7.96. The van der Waals surface area contributed by atoms with Gasteiger partial charge in [-0.15, -0.1) is 0 Å². The number of ether oxygens (including phenoxy) is 1. The van der Waals surface area contributed by atoms with Crippen molar-refractivity contribution in [2.75, 3.05) is 6.54 Å². The van der Waals surface area contributed by atoms with E-state index < -0.39 is 17.2 Å². The molecule has 0 spiro atoms. The van der Waals surface area contributed by atoms with Crippen molar-refractivity contribution in [3.05, 3.63) is 30.1 Å². The number of carbonyl (C=O) groups is 2. The van der Waals surface area contributed by atoms with Crippen LogP contribution in [0, 0.1) is 5.92 Å². The summed E-state index contributed by atoms with van der Waals surface area (Å²) in [6.45, 7) is 7.84. The fraction of sp³-hybridized carbons (Fsp3) is 0.632. The van der Waals surface area contributed by atoms with Gasteiger partial charge in [0, 0.05) is 25.4 Å². The van der Waals surface area contributed by atoms with E-state index in [9.17, 15) is 9.59 Å². The highest BCUT2D eigenvalue weighted by Gasteiger charge is 2.42. The Hall–Kier alpha value is -2.11. The number of pyridine rings is 1. The summed E-state index contributed by atoms with van der Waals surface area (Å²) in [5.74, 6) is 0.383. The monoisotopic (exact) mass is 347 g/mol. The molecule has 0 aliphatic heterocycles. The lowest BCUT2D eigenvalue weighted by Crippen LogP contribution is -2.55. The van der Waals surface area contributed by atoms with Crippen molar-refractivity contribution in [3.63, 3.8) is 0 Å². The average molecular weight is 347 g/mol. The van der Waals surface area contributed by atoms with Gasteiger partial charge in [0.25, 0.3) is 0 Å². The van der Waals surface area contributed by atoms with Crippen LogP contribution < -0.4 is 10.6 Å². The third-order valence-corrected chi connectivity index (χ3v) is 4.27. The molecule has 1 atom stereocenters. The number of amides is 2. The Morgan fingerprint density at radius 3 is 2.56 bits per heavy atom. The zero-order valence-electron chi connectivity index (χ0n) is 15.6. The number of hydrogen-bond donors (Lipinski definition) is 2. The highest BCUT2D eigenvalue weighted by Crippen LogP contribution is 2.39. The van der Waals surface area contributed by atoms with Gasteiger partial charge in [0.2, 0.25) is 5.91 Å². The predicted molar refractivity (Wildman–Crippen MR) is 96.1 cm³/mol. The first-order valence-corrected chi connectivity index (χ1v) is 8.85. The Balaban J connectivity index is 1.84. The summed E-state index contributed by atoms with van der Waals surface area (Å²) in [6.07, 6.45) is 6.22. The average Bonchev–Trinajstić information content (AvgIpc) is 3.36. The molecule has 0 radical (unpaired) electrons. The SMILES string of the molecule is CC(C)(C)OC(=O)NC[C@@](C)(NC(=O)CCc1cccnc1)C1CC1. The Kier molecular flexibility index (Phi) is 6.03. The van der Waals surface area contributed by atoms with E-state index in [1.807, 2.05) is 39.8 Å². The minimum atomic E-state index is -0.535. The van der Waals surface area contributed by atoms with Gasteiger partial charge in [-0.3, -0.25) is 9.78 Å². The van der Waals surface area contributed by atoms with Gasteiger partial charge in [0.1, 0.15) is 5.60 Å². The van der Waals surface area contributed by atoms with Crippen LogP contribution in [0.15, 0.2) is 24.5 Å². The third kappa shape index (κ3) is 6.72. The molecular formula is C19H29N3O3. The van der Waals surface area contributed by atoms with Crippen molar-refractivity contribution in [1.82, 2.24) is 15.6 Å². The van der Waals surface area contributed by atoms with Gasteiger partial charge in [-0.1, -0.05) is 6.07 Å². The number of alkyl carbamates (subject to hydrolysis) is 1. The molecule has 0 saturated heterocycles. The molecule has 2 amide bonds. The summed E-state index contributed by atoms with van der Waals surface area (Å²) < 4.78 is 5.27. The molecule has 2 rings (SSSR count). The van der Waals surface area contributed by atoms with Gasteiger partial charge in [0.05, 0.1) is 5.54 Å². The Bertz CT molecular complexity index is 594. The fourth-order valence-electron chi connectivity index (χ4n) is 2.77. The third-order valence-electron chi connectivity index (χ3n) is 4.27. The molecule has 6 nitrogen and oxygen atoms in total. The van der Waals surface area contributed by atoms with Crippen molar-refractivity contribution in [2.24, 2.45) is 5.92 Å². The molecule has 2 N–H and O–H groups in total. The van der Waals surface area contributed by atoms with Crippen LogP contribution in [0.25, 0.3) is 0 Å². The van der Waals surface area contributed by atoms with E-state index in [0.717, 1.165) is 18.4 Å². The maximum Gasteiger partial charge on any atom is 0.407 e. The smallest absolute Gasteiger partial charge is 0.407 e. The van der Waals surface area contributed by atoms with Crippen LogP contribution in [0.1, 0.15) is 52.5 Å². The summed E-state index contributed by atoms with van der Waals surface area (Å²) in [4.78, 5) is 28.3. The van der Waals surface area contributed by atoms with Gasteiger partial charge in [-0.05, 0) is 64.5 Å². The standard InChI is InChI=1S/C19H29N3O3/c1-18(2,3)25-17(24)21-13-19(4,15-8-9-15)22-16(23)10-7-14-6-5-11-20-12-14/h5-6,11-12,15H,7-10,13H2,1-4H3,(H,21,24)(H,22,23)/t19-/m1/s1. The lowest BCUT2D eigenvalue weighted by Gasteiger charge is -2.32. The summed E-state index contributed by atoms with van der Waals surface area (Å²) in [6, 6.07) is 3.83. The zero-order valence-corrected chi connectivity index (χ0v) is 15.6. The van der Waals surface area contributed by atoms with E-state index in [1.165, 1.54) is 0 Å². The van der Waals surface area contributed by atoms with Gasteiger partial charge >= 0.3 is 6.09 Å². The molecule has 1 aliphatic carbocycles. The van der Waals surface area contributed by atoms with Crippen LogP contribution >= 0.6 is 0 Å². The maximum absolute atomic E-state index is 12.4. The van der Waals surface area contributed by atoms with Gasteiger partial charge in [0.15, 0.2) is 0 Å². The number of nitrogens with one attached hydrogen (secondary N) is 2. The summed E-state index contributed by atoms with van der Waals surface area (Å²) in [5.41, 5.74) is 0.0633. The van der Waals surface area contributed by atoms with E-state index in [-0.39, 0.29) is 5.91 Å². The lowest BCUT2D eigenvalue weighted by molar-refractivity contribution is -0.123. The molecule has 138 valence electrons. The molecule has 6 heteroatoms. The molecule has 1 heterocycles. The molecule has 1 aromatic rings. The first-order chi connectivity index (χ1) is 11.7. The van der Waals surface area contributed by atoms with Crippen LogP contribution in [0.4, 0.5) is 4.79 Å². The fourth-order valence-corrected chi connectivity index (χ4v) is 2.77. The van der Waals surface area contributed by atoms with Gasteiger partial charge in [-0.2, -0.15) is 0 Å². The maximum atomic E-state index is 12.4. The first-order valence-electron chi connectivity index (χ1n) is 8.85. The summed E-state index contributed by atoms with van der Waals surface area (Å²) in [7, 11) is 0. The van der Waals surface area contributed by atoms with Crippen LogP contribution in [0.2, 0.25) is 0 Å². The second kappa shape index (κ2) is 7.85. The van der Waals surface area contributed by atoms with Crippen LogP contribution in [-0.4, -0.2) is 34.7 Å². The molecule has 1 aliphatic rings. The summed E-state index contributed by atoms with van der Waals surface area (Å²) in [5, 5.41) is 5.91. The zero-order chi connectivity index (χ0) is 18.5. The molecule has 1 fully saturated rings. The number of carbonyl (C=O) groups excluding carboxylic acids is 2. The van der Waals surface area contributed by atoms with Crippen molar-refractivity contribution < 1.29 is 14.3 Å². The topological polar surface area (TPSA) is 80.3 Å². The second-order valence-corrected chi connectivity index (χ2v) is 7.96. The van der Waals surface area contributed by atoms with E-state index in [2.05, 4.69) is 15.6 Å². The van der Waals surface area contributed by atoms with E-state index >= 15 is 0 Å². The summed E-state index contributed by atoms with van der Waals surface area (Å²) >= 11 is 0. The molecule has 0 unspecified atom stereocenters. The number of aromatic nitrogens is 1. The predicted octanol–water partition coefficient (Wildman–Crippen LogP) is 2.82.